The average molecular weight is 249 g/mol. The van der Waals surface area contributed by atoms with E-state index in [1.807, 2.05) is 0 Å². The number of nitrogens with one attached hydrogen (secondary N) is 1. The molecule has 0 aliphatic carbocycles. The quantitative estimate of drug-likeness (QED) is 0.877. The van der Waals surface area contributed by atoms with E-state index < -0.39 is 0 Å². The number of benzene rings is 1. The molecule has 1 atom stereocenters. The Labute approximate surface area is 109 Å². The highest BCUT2D eigenvalue weighted by atomic mass is 32.2. The van der Waals surface area contributed by atoms with Crippen molar-refractivity contribution in [2.45, 2.75) is 37.9 Å². The summed E-state index contributed by atoms with van der Waals surface area (Å²) in [6.07, 6.45) is 5.31. The highest BCUT2D eigenvalue weighted by molar-refractivity contribution is 7.99. The van der Waals surface area contributed by atoms with Crippen LogP contribution in [0.1, 0.15) is 30.4 Å². The first-order chi connectivity index (χ1) is 8.34. The molecule has 0 aromatic heterocycles. The molecule has 94 valence electrons. The number of hydrogen-bond donors (Lipinski definition) is 1. The first kappa shape index (κ1) is 13.0. The molecule has 0 spiro atoms. The van der Waals surface area contributed by atoms with E-state index in [4.69, 9.17) is 0 Å². The average Bonchev–Trinajstić information content (AvgIpc) is 2.58. The molecule has 0 amide bonds. The lowest BCUT2D eigenvalue weighted by Crippen LogP contribution is -2.14. The van der Waals surface area contributed by atoms with Crippen LogP contribution in [0.3, 0.4) is 0 Å². The number of hydrogen-bond acceptors (Lipinski definition) is 2. The third-order valence-electron chi connectivity index (χ3n) is 3.35. The van der Waals surface area contributed by atoms with Gasteiger partial charge in [0, 0.05) is 5.25 Å². The molecule has 0 saturated carbocycles. The van der Waals surface area contributed by atoms with Gasteiger partial charge in [-0.3, -0.25) is 0 Å². The molecule has 1 aliphatic rings. The summed E-state index contributed by atoms with van der Waals surface area (Å²) in [5, 5.41) is 4.36. The lowest BCUT2D eigenvalue weighted by atomic mass is 10.1. The minimum Gasteiger partial charge on any atom is -0.317 e. The molecule has 1 aromatic rings. The largest absolute Gasteiger partial charge is 0.317 e. The van der Waals surface area contributed by atoms with Gasteiger partial charge in [0.05, 0.1) is 0 Å². The summed E-state index contributed by atoms with van der Waals surface area (Å²) >= 11 is 2.17. The molecule has 1 nitrogen and oxygen atoms in total. The molecule has 1 N–H and O–H groups in total. The molecule has 17 heavy (non-hydrogen) atoms. The Bertz CT molecular complexity index is 329. The summed E-state index contributed by atoms with van der Waals surface area (Å²) in [5.41, 5.74) is 2.87. The molecule has 1 aromatic carbocycles. The van der Waals surface area contributed by atoms with E-state index in [1.54, 1.807) is 0 Å². The Kier molecular flexibility index (Phi) is 5.40. The van der Waals surface area contributed by atoms with Gasteiger partial charge < -0.3 is 5.32 Å². The van der Waals surface area contributed by atoms with Crippen molar-refractivity contribution in [2.24, 2.45) is 0 Å². The summed E-state index contributed by atoms with van der Waals surface area (Å²) in [6.45, 7) is 4.60. The fraction of sp³-hybridized carbons (Fsp3) is 0.600. The van der Waals surface area contributed by atoms with Crippen molar-refractivity contribution in [3.8, 4) is 0 Å². The predicted molar refractivity (Wildman–Crippen MR) is 77.8 cm³/mol. The maximum absolute atomic E-state index is 3.48. The highest BCUT2D eigenvalue weighted by Gasteiger charge is 2.11. The van der Waals surface area contributed by atoms with E-state index in [9.17, 15) is 0 Å². The van der Waals surface area contributed by atoms with Crippen LogP contribution in [0.2, 0.25) is 0 Å². The zero-order valence-corrected chi connectivity index (χ0v) is 11.6. The standard InChI is InChI=1S/C15H23NS/c1-13-4-2-5-14(12-13)8-11-17-15-6-3-9-16-10-7-15/h2,4-5,12,15-16H,3,6-11H2,1H3. The SMILES string of the molecule is Cc1cccc(CCSC2CCCNCC2)c1. The van der Waals surface area contributed by atoms with Crippen LogP contribution in [0.15, 0.2) is 24.3 Å². The van der Waals surface area contributed by atoms with Crippen LogP contribution in [0, 0.1) is 6.92 Å². The van der Waals surface area contributed by atoms with Crippen molar-refractivity contribution in [3.63, 3.8) is 0 Å². The minimum absolute atomic E-state index is 0.884. The van der Waals surface area contributed by atoms with Crippen molar-refractivity contribution < 1.29 is 0 Å². The first-order valence-corrected chi connectivity index (χ1v) is 7.77. The van der Waals surface area contributed by atoms with Gasteiger partial charge in [-0.2, -0.15) is 11.8 Å². The molecule has 1 fully saturated rings. The molecule has 2 heteroatoms. The van der Waals surface area contributed by atoms with E-state index in [0.29, 0.717) is 0 Å². The third kappa shape index (κ3) is 4.72. The zero-order chi connectivity index (χ0) is 11.9. The van der Waals surface area contributed by atoms with Crippen LogP contribution in [-0.4, -0.2) is 24.1 Å². The van der Waals surface area contributed by atoms with Crippen molar-refractivity contribution in [2.75, 3.05) is 18.8 Å². The smallest absolute Gasteiger partial charge is 0.00597 e. The molecular formula is C15H23NS. The van der Waals surface area contributed by atoms with Crippen LogP contribution < -0.4 is 5.32 Å². The maximum atomic E-state index is 3.48. The van der Waals surface area contributed by atoms with E-state index in [-0.39, 0.29) is 0 Å². The molecule has 1 aliphatic heterocycles. The van der Waals surface area contributed by atoms with Crippen LogP contribution in [-0.2, 0) is 6.42 Å². The Morgan fingerprint density at radius 1 is 1.29 bits per heavy atom. The monoisotopic (exact) mass is 249 g/mol. The van der Waals surface area contributed by atoms with Crippen LogP contribution in [0.5, 0.6) is 0 Å². The summed E-state index contributed by atoms with van der Waals surface area (Å²) < 4.78 is 0. The zero-order valence-electron chi connectivity index (χ0n) is 10.7. The fourth-order valence-electron chi connectivity index (χ4n) is 2.36. The Morgan fingerprint density at radius 3 is 3.12 bits per heavy atom. The van der Waals surface area contributed by atoms with Gasteiger partial charge in [-0.15, -0.1) is 0 Å². The van der Waals surface area contributed by atoms with Gasteiger partial charge >= 0.3 is 0 Å². The molecule has 2 rings (SSSR count). The first-order valence-electron chi connectivity index (χ1n) is 6.72. The van der Waals surface area contributed by atoms with Crippen molar-refractivity contribution >= 4 is 11.8 Å². The lowest BCUT2D eigenvalue weighted by molar-refractivity contribution is 0.703. The van der Waals surface area contributed by atoms with Gasteiger partial charge in [0.25, 0.3) is 0 Å². The molecular weight excluding hydrogens is 226 g/mol. The van der Waals surface area contributed by atoms with Crippen molar-refractivity contribution in [1.29, 1.82) is 0 Å². The second-order valence-corrected chi connectivity index (χ2v) is 6.32. The molecule has 1 heterocycles. The van der Waals surface area contributed by atoms with E-state index in [0.717, 1.165) is 5.25 Å². The number of thioether (sulfide) groups is 1. The Morgan fingerprint density at radius 2 is 2.24 bits per heavy atom. The summed E-state index contributed by atoms with van der Waals surface area (Å²) in [5.74, 6) is 1.27. The molecule has 0 bridgehead atoms. The van der Waals surface area contributed by atoms with Crippen molar-refractivity contribution in [3.05, 3.63) is 35.4 Å². The second-order valence-electron chi connectivity index (χ2n) is 4.91. The molecule has 1 unspecified atom stereocenters. The van der Waals surface area contributed by atoms with Gasteiger partial charge in [-0.05, 0) is 57.0 Å². The topological polar surface area (TPSA) is 12.0 Å². The fourth-order valence-corrected chi connectivity index (χ4v) is 3.67. The Hall–Kier alpha value is -0.470. The van der Waals surface area contributed by atoms with Crippen molar-refractivity contribution in [1.82, 2.24) is 5.32 Å². The van der Waals surface area contributed by atoms with E-state index in [1.165, 1.54) is 55.7 Å². The van der Waals surface area contributed by atoms with Crippen LogP contribution in [0.25, 0.3) is 0 Å². The summed E-state index contributed by atoms with van der Waals surface area (Å²) in [4.78, 5) is 0. The minimum atomic E-state index is 0.884. The van der Waals surface area contributed by atoms with E-state index >= 15 is 0 Å². The highest BCUT2D eigenvalue weighted by Crippen LogP contribution is 2.22. The molecule has 0 radical (unpaired) electrons. The van der Waals surface area contributed by atoms with Gasteiger partial charge in [0.2, 0.25) is 0 Å². The summed E-state index contributed by atoms with van der Waals surface area (Å²) in [7, 11) is 0. The van der Waals surface area contributed by atoms with Gasteiger partial charge in [0.1, 0.15) is 0 Å². The second kappa shape index (κ2) is 7.07. The Balaban J connectivity index is 1.71. The van der Waals surface area contributed by atoms with E-state index in [2.05, 4.69) is 48.3 Å². The number of aryl methyl sites for hydroxylation is 2. The van der Waals surface area contributed by atoms with Gasteiger partial charge in [-0.1, -0.05) is 29.8 Å². The lowest BCUT2D eigenvalue weighted by Gasteiger charge is -2.13. The normalized spacial score (nSPS) is 21.1. The maximum Gasteiger partial charge on any atom is 0.00597 e. The predicted octanol–water partition coefficient (Wildman–Crippen LogP) is 3.41. The third-order valence-corrected chi connectivity index (χ3v) is 4.73. The molecule has 1 saturated heterocycles. The van der Waals surface area contributed by atoms with Gasteiger partial charge in [0.15, 0.2) is 0 Å². The summed E-state index contributed by atoms with van der Waals surface area (Å²) in [6, 6.07) is 8.91. The van der Waals surface area contributed by atoms with Crippen LogP contribution >= 0.6 is 11.8 Å². The number of rotatable bonds is 4. The van der Waals surface area contributed by atoms with Crippen LogP contribution in [0.4, 0.5) is 0 Å². The van der Waals surface area contributed by atoms with Gasteiger partial charge in [-0.25, -0.2) is 0 Å².